The van der Waals surface area contributed by atoms with Crippen LogP contribution in [0.2, 0.25) is 0 Å². The first-order valence-electron chi connectivity index (χ1n) is 7.04. The predicted molar refractivity (Wildman–Crippen MR) is 82.4 cm³/mol. The number of rotatable bonds is 3. The molecule has 3 heterocycles. The number of halogens is 1. The van der Waals surface area contributed by atoms with Crippen molar-refractivity contribution in [1.29, 1.82) is 0 Å². The lowest BCUT2D eigenvalue weighted by atomic mass is 10.1. The van der Waals surface area contributed by atoms with Crippen LogP contribution in [0.4, 0.5) is 4.39 Å². The van der Waals surface area contributed by atoms with E-state index >= 15 is 0 Å². The molecule has 0 radical (unpaired) electrons. The van der Waals surface area contributed by atoms with Gasteiger partial charge in [-0.3, -0.25) is 9.89 Å². The summed E-state index contributed by atoms with van der Waals surface area (Å²) in [5, 5.41) is 10.4. The van der Waals surface area contributed by atoms with Gasteiger partial charge in [0.05, 0.1) is 29.5 Å². The average Bonchev–Trinajstić information content (AvgIpc) is 3.17. The van der Waals surface area contributed by atoms with E-state index in [1.807, 2.05) is 6.07 Å². The fourth-order valence-corrected chi connectivity index (χ4v) is 2.53. The Morgan fingerprint density at radius 1 is 1.35 bits per heavy atom. The summed E-state index contributed by atoms with van der Waals surface area (Å²) in [4.78, 5) is 16.6. The van der Waals surface area contributed by atoms with Crippen LogP contribution in [0.5, 0.6) is 0 Å². The van der Waals surface area contributed by atoms with Crippen molar-refractivity contribution in [2.24, 2.45) is 0 Å². The standard InChI is InChI=1S/C16H12FN5O/c17-10-4-5-22-9-11(20-15(22)6-10)7-18-16(23)12-2-1-3-14-13(12)8-19-21-14/h1-6,8-9H,7H2,(H,18,23)(H,19,21). The van der Waals surface area contributed by atoms with Crippen LogP contribution >= 0.6 is 0 Å². The molecule has 0 saturated carbocycles. The van der Waals surface area contributed by atoms with Gasteiger partial charge in [-0.25, -0.2) is 9.37 Å². The number of hydrogen-bond acceptors (Lipinski definition) is 3. The summed E-state index contributed by atoms with van der Waals surface area (Å²) >= 11 is 0. The SMILES string of the molecule is O=C(NCc1cn2ccc(F)cc2n1)c1cccc2[nH]ncc12. The Morgan fingerprint density at radius 2 is 2.26 bits per heavy atom. The van der Waals surface area contributed by atoms with E-state index in [1.54, 1.807) is 35.1 Å². The van der Waals surface area contributed by atoms with Crippen molar-refractivity contribution in [3.8, 4) is 0 Å². The van der Waals surface area contributed by atoms with Crippen molar-refractivity contribution in [2.45, 2.75) is 6.54 Å². The maximum Gasteiger partial charge on any atom is 0.252 e. The van der Waals surface area contributed by atoms with E-state index in [2.05, 4.69) is 20.5 Å². The summed E-state index contributed by atoms with van der Waals surface area (Å²) in [6.07, 6.45) is 4.97. The molecule has 23 heavy (non-hydrogen) atoms. The minimum Gasteiger partial charge on any atom is -0.346 e. The Morgan fingerprint density at radius 3 is 3.17 bits per heavy atom. The number of aromatic nitrogens is 4. The minimum absolute atomic E-state index is 0.208. The van der Waals surface area contributed by atoms with Crippen LogP contribution in [0, 0.1) is 5.82 Å². The van der Waals surface area contributed by atoms with Crippen LogP contribution in [0.3, 0.4) is 0 Å². The second-order valence-electron chi connectivity index (χ2n) is 5.16. The van der Waals surface area contributed by atoms with Crippen LogP contribution in [-0.2, 0) is 6.54 Å². The molecule has 114 valence electrons. The molecule has 0 fully saturated rings. The summed E-state index contributed by atoms with van der Waals surface area (Å²) in [7, 11) is 0. The molecule has 0 saturated heterocycles. The third-order valence-corrected chi connectivity index (χ3v) is 3.63. The Labute approximate surface area is 130 Å². The van der Waals surface area contributed by atoms with E-state index in [9.17, 15) is 9.18 Å². The number of H-pyrrole nitrogens is 1. The molecule has 1 amide bonds. The third kappa shape index (κ3) is 2.42. The molecule has 1 aromatic carbocycles. The number of nitrogens with one attached hydrogen (secondary N) is 2. The number of aromatic amines is 1. The molecule has 0 aliphatic heterocycles. The van der Waals surface area contributed by atoms with Gasteiger partial charge in [-0.2, -0.15) is 5.10 Å². The van der Waals surface area contributed by atoms with Crippen molar-refractivity contribution in [3.05, 3.63) is 66.0 Å². The zero-order chi connectivity index (χ0) is 15.8. The first-order chi connectivity index (χ1) is 11.2. The highest BCUT2D eigenvalue weighted by Crippen LogP contribution is 2.16. The molecule has 4 aromatic rings. The highest BCUT2D eigenvalue weighted by molar-refractivity contribution is 6.05. The van der Waals surface area contributed by atoms with Gasteiger partial charge in [-0.05, 0) is 18.2 Å². The molecule has 0 bridgehead atoms. The lowest BCUT2D eigenvalue weighted by Gasteiger charge is -2.04. The minimum atomic E-state index is -0.342. The van der Waals surface area contributed by atoms with Gasteiger partial charge >= 0.3 is 0 Å². The smallest absolute Gasteiger partial charge is 0.252 e. The molecule has 2 N–H and O–H groups in total. The Bertz CT molecular complexity index is 1020. The topological polar surface area (TPSA) is 75.1 Å². The van der Waals surface area contributed by atoms with Crippen LogP contribution < -0.4 is 5.32 Å². The molecule has 0 aliphatic carbocycles. The van der Waals surface area contributed by atoms with Gasteiger partial charge in [-0.15, -0.1) is 0 Å². The number of imidazole rings is 1. The second-order valence-corrected chi connectivity index (χ2v) is 5.16. The van der Waals surface area contributed by atoms with Gasteiger partial charge in [0, 0.05) is 23.8 Å². The number of amides is 1. The van der Waals surface area contributed by atoms with Gasteiger partial charge in [0.1, 0.15) is 11.5 Å². The van der Waals surface area contributed by atoms with E-state index in [-0.39, 0.29) is 18.3 Å². The molecule has 6 nitrogen and oxygen atoms in total. The zero-order valence-corrected chi connectivity index (χ0v) is 12.0. The maximum atomic E-state index is 13.2. The fraction of sp³-hybridized carbons (Fsp3) is 0.0625. The van der Waals surface area contributed by atoms with Crippen molar-refractivity contribution >= 4 is 22.5 Å². The fourth-order valence-electron chi connectivity index (χ4n) is 2.53. The average molecular weight is 309 g/mol. The normalized spacial score (nSPS) is 11.2. The number of hydrogen-bond donors (Lipinski definition) is 2. The molecule has 0 aliphatic rings. The zero-order valence-electron chi connectivity index (χ0n) is 12.0. The number of fused-ring (bicyclic) bond motifs is 2. The van der Waals surface area contributed by atoms with E-state index in [0.717, 1.165) is 10.9 Å². The number of pyridine rings is 1. The first-order valence-corrected chi connectivity index (χ1v) is 7.04. The molecule has 0 atom stereocenters. The predicted octanol–water partition coefficient (Wildman–Crippen LogP) is 2.28. The van der Waals surface area contributed by atoms with Gasteiger partial charge in [0.25, 0.3) is 5.91 Å². The summed E-state index contributed by atoms with van der Waals surface area (Å²) in [5.74, 6) is -0.550. The quantitative estimate of drug-likeness (QED) is 0.609. The summed E-state index contributed by atoms with van der Waals surface area (Å²) in [6, 6.07) is 8.10. The molecular formula is C16H12FN5O. The Hall–Kier alpha value is -3.22. The molecule has 0 unspecified atom stereocenters. The van der Waals surface area contributed by atoms with E-state index in [1.165, 1.54) is 12.1 Å². The van der Waals surface area contributed by atoms with Crippen molar-refractivity contribution in [1.82, 2.24) is 24.9 Å². The van der Waals surface area contributed by atoms with Crippen molar-refractivity contribution in [2.75, 3.05) is 0 Å². The molecule has 7 heteroatoms. The highest BCUT2D eigenvalue weighted by Gasteiger charge is 2.11. The van der Waals surface area contributed by atoms with Gasteiger partial charge in [0.15, 0.2) is 0 Å². The van der Waals surface area contributed by atoms with Gasteiger partial charge < -0.3 is 9.72 Å². The van der Waals surface area contributed by atoms with E-state index < -0.39 is 0 Å². The monoisotopic (exact) mass is 309 g/mol. The van der Waals surface area contributed by atoms with E-state index in [4.69, 9.17) is 0 Å². The van der Waals surface area contributed by atoms with Crippen LogP contribution in [0.25, 0.3) is 16.6 Å². The van der Waals surface area contributed by atoms with Gasteiger partial charge in [0.2, 0.25) is 0 Å². The molecule has 0 spiro atoms. The number of carbonyl (C=O) groups is 1. The summed E-state index contributed by atoms with van der Waals surface area (Å²) < 4.78 is 14.9. The van der Waals surface area contributed by atoms with Crippen LogP contribution in [0.1, 0.15) is 16.1 Å². The third-order valence-electron chi connectivity index (χ3n) is 3.63. The van der Waals surface area contributed by atoms with Crippen LogP contribution in [0.15, 0.2) is 48.9 Å². The number of nitrogens with zero attached hydrogens (tertiary/aromatic N) is 3. The molecule has 3 aromatic heterocycles. The molecular weight excluding hydrogens is 297 g/mol. The molecule has 4 rings (SSSR count). The van der Waals surface area contributed by atoms with Gasteiger partial charge in [-0.1, -0.05) is 6.07 Å². The maximum absolute atomic E-state index is 13.2. The number of benzene rings is 1. The van der Waals surface area contributed by atoms with E-state index in [0.29, 0.717) is 16.9 Å². The number of carbonyl (C=O) groups excluding carboxylic acids is 1. The lowest BCUT2D eigenvalue weighted by molar-refractivity contribution is 0.0952. The van der Waals surface area contributed by atoms with Crippen LogP contribution in [-0.4, -0.2) is 25.5 Å². The summed E-state index contributed by atoms with van der Waals surface area (Å²) in [5.41, 5.74) is 2.52. The van der Waals surface area contributed by atoms with Crippen molar-refractivity contribution < 1.29 is 9.18 Å². The Kier molecular flexibility index (Phi) is 3.04. The second kappa shape index (κ2) is 5.20. The first kappa shape index (κ1) is 13.4. The Balaban J connectivity index is 1.55. The highest BCUT2D eigenvalue weighted by atomic mass is 19.1. The van der Waals surface area contributed by atoms with Crippen molar-refractivity contribution in [3.63, 3.8) is 0 Å². The largest absolute Gasteiger partial charge is 0.346 e. The lowest BCUT2D eigenvalue weighted by Crippen LogP contribution is -2.23. The summed E-state index contributed by atoms with van der Waals surface area (Å²) in [6.45, 7) is 0.260.